The molecule has 1 heterocycles. The van der Waals surface area contributed by atoms with Gasteiger partial charge in [-0.25, -0.2) is 8.78 Å². The number of nitrogens with zero attached hydrogens (tertiary/aromatic N) is 1. The Morgan fingerprint density at radius 3 is 2.94 bits per heavy atom. The number of rotatable bonds is 1. The molecule has 1 atom stereocenters. The summed E-state index contributed by atoms with van der Waals surface area (Å²) >= 11 is 0. The summed E-state index contributed by atoms with van der Waals surface area (Å²) < 4.78 is 26.7. The molecule has 0 saturated carbocycles. The normalized spacial score (nSPS) is 22.4. The van der Waals surface area contributed by atoms with Crippen molar-refractivity contribution in [1.82, 2.24) is 10.2 Å². The fourth-order valence-electron chi connectivity index (χ4n) is 2.54. The van der Waals surface area contributed by atoms with Crippen molar-refractivity contribution in [3.05, 3.63) is 47.3 Å². The minimum atomic E-state index is -0.487. The first kappa shape index (κ1) is 9.63. The zero-order valence-electron chi connectivity index (χ0n) is 8.71. The second kappa shape index (κ2) is 3.47. The van der Waals surface area contributed by atoms with Gasteiger partial charge in [-0.2, -0.15) is 0 Å². The third-order valence-electron chi connectivity index (χ3n) is 3.28. The maximum Gasteiger partial charge on any atom is 0.129 e. The van der Waals surface area contributed by atoms with E-state index in [2.05, 4.69) is 10.2 Å². The second-order valence-corrected chi connectivity index (χ2v) is 4.20. The quantitative estimate of drug-likeness (QED) is 0.784. The Balaban J connectivity index is 2.01. The first-order valence-corrected chi connectivity index (χ1v) is 5.39. The van der Waals surface area contributed by atoms with E-state index in [1.54, 1.807) is 0 Å². The minimum Gasteiger partial charge on any atom is -0.373 e. The number of hydrogen-bond donors (Lipinski definition) is 1. The van der Waals surface area contributed by atoms with Crippen LogP contribution in [0.4, 0.5) is 8.78 Å². The Morgan fingerprint density at radius 1 is 1.31 bits per heavy atom. The Morgan fingerprint density at radius 2 is 2.19 bits per heavy atom. The highest BCUT2D eigenvalue weighted by molar-refractivity contribution is 5.36. The molecule has 1 N–H and O–H groups in total. The number of halogens is 2. The van der Waals surface area contributed by atoms with Gasteiger partial charge >= 0.3 is 0 Å². The van der Waals surface area contributed by atoms with E-state index in [1.807, 2.05) is 12.4 Å². The van der Waals surface area contributed by atoms with Crippen molar-refractivity contribution in [2.24, 2.45) is 0 Å². The SMILES string of the molecule is Fc1cc(F)c2c(c1)C(N1C=CNC1)CC2. The van der Waals surface area contributed by atoms with Gasteiger partial charge in [-0.3, -0.25) is 0 Å². The molecular weight excluding hydrogens is 210 g/mol. The molecule has 0 aromatic heterocycles. The molecule has 0 saturated heterocycles. The van der Waals surface area contributed by atoms with Gasteiger partial charge in [-0.15, -0.1) is 0 Å². The lowest BCUT2D eigenvalue weighted by Gasteiger charge is -2.24. The van der Waals surface area contributed by atoms with E-state index >= 15 is 0 Å². The summed E-state index contributed by atoms with van der Waals surface area (Å²) in [5.41, 5.74) is 1.47. The van der Waals surface area contributed by atoms with Gasteiger partial charge in [-0.1, -0.05) is 0 Å². The molecule has 0 fully saturated rings. The highest BCUT2D eigenvalue weighted by Gasteiger charge is 2.29. The number of benzene rings is 1. The second-order valence-electron chi connectivity index (χ2n) is 4.20. The van der Waals surface area contributed by atoms with Crippen LogP contribution in [0.1, 0.15) is 23.6 Å². The summed E-state index contributed by atoms with van der Waals surface area (Å²) in [4.78, 5) is 2.07. The first-order chi connectivity index (χ1) is 7.75. The first-order valence-electron chi connectivity index (χ1n) is 5.39. The van der Waals surface area contributed by atoms with Crippen LogP contribution in [0.2, 0.25) is 0 Å². The van der Waals surface area contributed by atoms with Crippen LogP contribution in [-0.4, -0.2) is 11.6 Å². The van der Waals surface area contributed by atoms with E-state index in [0.29, 0.717) is 18.7 Å². The fourth-order valence-corrected chi connectivity index (χ4v) is 2.54. The van der Waals surface area contributed by atoms with Gasteiger partial charge < -0.3 is 10.2 Å². The molecule has 2 aliphatic rings. The molecular formula is C12H12F2N2. The van der Waals surface area contributed by atoms with Crippen LogP contribution >= 0.6 is 0 Å². The van der Waals surface area contributed by atoms with Gasteiger partial charge in [0.15, 0.2) is 0 Å². The van der Waals surface area contributed by atoms with Crippen LogP contribution < -0.4 is 5.32 Å². The molecule has 16 heavy (non-hydrogen) atoms. The summed E-state index contributed by atoms with van der Waals surface area (Å²) in [6, 6.07) is 2.54. The maximum absolute atomic E-state index is 13.5. The topological polar surface area (TPSA) is 15.3 Å². The average Bonchev–Trinajstić information content (AvgIpc) is 2.83. The zero-order chi connectivity index (χ0) is 11.1. The molecule has 1 aliphatic heterocycles. The Hall–Kier alpha value is -1.58. The molecule has 2 nitrogen and oxygen atoms in total. The molecule has 84 valence electrons. The number of hydrogen-bond acceptors (Lipinski definition) is 2. The van der Waals surface area contributed by atoms with E-state index in [4.69, 9.17) is 0 Å². The van der Waals surface area contributed by atoms with E-state index in [1.165, 1.54) is 6.07 Å². The van der Waals surface area contributed by atoms with Crippen molar-refractivity contribution >= 4 is 0 Å². The van der Waals surface area contributed by atoms with Crippen molar-refractivity contribution < 1.29 is 8.78 Å². The van der Waals surface area contributed by atoms with Crippen molar-refractivity contribution in [2.45, 2.75) is 18.9 Å². The summed E-state index contributed by atoms with van der Waals surface area (Å²) in [5, 5.41) is 3.07. The molecule has 3 rings (SSSR count). The van der Waals surface area contributed by atoms with E-state index in [0.717, 1.165) is 18.1 Å². The third-order valence-corrected chi connectivity index (χ3v) is 3.28. The van der Waals surface area contributed by atoms with Crippen molar-refractivity contribution in [2.75, 3.05) is 6.67 Å². The summed E-state index contributed by atoms with van der Waals surface area (Å²) in [7, 11) is 0. The largest absolute Gasteiger partial charge is 0.373 e. The molecule has 0 amide bonds. The molecule has 1 aromatic carbocycles. The van der Waals surface area contributed by atoms with Crippen LogP contribution in [-0.2, 0) is 6.42 Å². The van der Waals surface area contributed by atoms with Gasteiger partial charge in [0, 0.05) is 18.5 Å². The lowest BCUT2D eigenvalue weighted by Crippen LogP contribution is -2.24. The van der Waals surface area contributed by atoms with Crippen LogP contribution in [0.25, 0.3) is 0 Å². The van der Waals surface area contributed by atoms with E-state index in [-0.39, 0.29) is 6.04 Å². The van der Waals surface area contributed by atoms with Crippen LogP contribution in [0.3, 0.4) is 0 Å². The van der Waals surface area contributed by atoms with Crippen molar-refractivity contribution in [3.8, 4) is 0 Å². The summed E-state index contributed by atoms with van der Waals surface area (Å²) in [6.07, 6.45) is 5.33. The van der Waals surface area contributed by atoms with Crippen LogP contribution in [0.5, 0.6) is 0 Å². The third kappa shape index (κ3) is 1.37. The monoisotopic (exact) mass is 222 g/mol. The van der Waals surface area contributed by atoms with Crippen molar-refractivity contribution in [1.29, 1.82) is 0 Å². The molecule has 0 spiro atoms. The molecule has 1 aromatic rings. The van der Waals surface area contributed by atoms with E-state index in [9.17, 15) is 8.78 Å². The van der Waals surface area contributed by atoms with Gasteiger partial charge in [0.1, 0.15) is 11.6 Å². The number of nitrogens with one attached hydrogen (secondary N) is 1. The molecule has 0 bridgehead atoms. The molecule has 1 aliphatic carbocycles. The highest BCUT2D eigenvalue weighted by atomic mass is 19.1. The lowest BCUT2D eigenvalue weighted by molar-refractivity contribution is 0.290. The van der Waals surface area contributed by atoms with Gasteiger partial charge in [-0.05, 0) is 30.0 Å². The van der Waals surface area contributed by atoms with Gasteiger partial charge in [0.25, 0.3) is 0 Å². The minimum absolute atomic E-state index is 0.103. The maximum atomic E-state index is 13.5. The fraction of sp³-hybridized carbons (Fsp3) is 0.333. The summed E-state index contributed by atoms with van der Waals surface area (Å²) in [5.74, 6) is -0.895. The zero-order valence-corrected chi connectivity index (χ0v) is 8.71. The molecule has 4 heteroatoms. The smallest absolute Gasteiger partial charge is 0.129 e. The van der Waals surface area contributed by atoms with Gasteiger partial charge in [0.2, 0.25) is 0 Å². The molecule has 1 unspecified atom stereocenters. The average molecular weight is 222 g/mol. The predicted octanol–water partition coefficient (Wildman–Crippen LogP) is 2.29. The van der Waals surface area contributed by atoms with E-state index < -0.39 is 11.6 Å². The predicted molar refractivity (Wildman–Crippen MR) is 56.4 cm³/mol. The van der Waals surface area contributed by atoms with Crippen molar-refractivity contribution in [3.63, 3.8) is 0 Å². The lowest BCUT2D eigenvalue weighted by atomic mass is 10.1. The summed E-state index contributed by atoms with van der Waals surface area (Å²) in [6.45, 7) is 0.711. The van der Waals surface area contributed by atoms with Gasteiger partial charge in [0.05, 0.1) is 12.7 Å². The Bertz CT molecular complexity index is 457. The van der Waals surface area contributed by atoms with Crippen LogP contribution in [0.15, 0.2) is 24.5 Å². The highest BCUT2D eigenvalue weighted by Crippen LogP contribution is 2.37. The molecule has 0 radical (unpaired) electrons. The van der Waals surface area contributed by atoms with Crippen LogP contribution in [0, 0.1) is 11.6 Å². The standard InChI is InChI=1S/C12H12F2N2/c13-8-5-10-9(11(14)6-8)1-2-12(10)16-4-3-15-7-16/h3-6,12,15H,1-2,7H2. The number of fused-ring (bicyclic) bond motifs is 1. The Labute approximate surface area is 92.6 Å². The Kier molecular flexibility index (Phi) is 2.09.